The van der Waals surface area contributed by atoms with Gasteiger partial charge in [-0.15, -0.1) is 0 Å². The molecule has 0 bridgehead atoms. The van der Waals surface area contributed by atoms with Crippen LogP contribution in [0.1, 0.15) is 13.8 Å². The lowest BCUT2D eigenvalue weighted by Gasteiger charge is -2.01. The lowest BCUT2D eigenvalue weighted by atomic mass is 10.2. The zero-order valence-corrected chi connectivity index (χ0v) is 7.48. The molecule has 8 heavy (non-hydrogen) atoms. The molecule has 0 saturated heterocycles. The fourth-order valence-corrected chi connectivity index (χ4v) is 0.932. The topological polar surface area (TPSA) is 9.23 Å². The minimum absolute atomic E-state index is 0.556. The van der Waals surface area contributed by atoms with Crippen molar-refractivity contribution in [2.24, 2.45) is 5.92 Å². The van der Waals surface area contributed by atoms with Crippen LogP contribution in [0, 0.1) is 5.92 Å². The van der Waals surface area contributed by atoms with E-state index in [1.54, 1.807) is 0 Å². The van der Waals surface area contributed by atoms with Gasteiger partial charge in [0.2, 0.25) is 0 Å². The molecule has 0 aromatic carbocycles. The average Bonchev–Trinajstić information content (AvgIpc) is 1.61. The Morgan fingerprint density at radius 1 is 1.75 bits per heavy atom. The molecule has 0 aliphatic carbocycles. The van der Waals surface area contributed by atoms with Gasteiger partial charge in [0.05, 0.1) is 15.4 Å². The highest BCUT2D eigenvalue weighted by Crippen LogP contribution is 1.97. The van der Waals surface area contributed by atoms with Crippen molar-refractivity contribution in [1.82, 2.24) is 0 Å². The summed E-state index contributed by atoms with van der Waals surface area (Å²) in [5, 5.41) is 0. The summed E-state index contributed by atoms with van der Waals surface area (Å²) in [4.78, 5) is 0. The normalized spacial score (nSPS) is 14.5. The van der Waals surface area contributed by atoms with Crippen molar-refractivity contribution >= 4 is 31.6 Å². The maximum absolute atomic E-state index is 5.01. The van der Waals surface area contributed by atoms with Gasteiger partial charge in [0, 0.05) is 0 Å². The molecule has 50 valence electrons. The first-order valence-corrected chi connectivity index (χ1v) is 5.49. The summed E-state index contributed by atoms with van der Waals surface area (Å²) in [6, 6.07) is 0. The van der Waals surface area contributed by atoms with Gasteiger partial charge in [0.15, 0.2) is 0 Å². The minimum Gasteiger partial charge on any atom is -0.303 e. The summed E-state index contributed by atoms with van der Waals surface area (Å²) in [6.45, 7) is 4.88. The Balaban J connectivity index is 3.05. The van der Waals surface area contributed by atoms with Crippen LogP contribution in [0.25, 0.3) is 0 Å². The van der Waals surface area contributed by atoms with Crippen LogP contribution >= 0.6 is 11.7 Å². The molecular weight excluding hydrogens is 160 g/mol. The Morgan fingerprint density at radius 3 is 2.38 bits per heavy atom. The van der Waals surface area contributed by atoms with Gasteiger partial charge in [-0.1, -0.05) is 25.5 Å². The molecule has 4 heteroatoms. The highest BCUT2D eigenvalue weighted by atomic mass is 33.3. The van der Waals surface area contributed by atoms with Crippen molar-refractivity contribution in [2.45, 2.75) is 13.8 Å². The van der Waals surface area contributed by atoms with Gasteiger partial charge in [0.25, 0.3) is 0 Å². The molecule has 0 fully saturated rings. The zero-order valence-electron chi connectivity index (χ0n) is 4.96. The van der Waals surface area contributed by atoms with Crippen molar-refractivity contribution in [1.29, 1.82) is 0 Å². The first-order valence-electron chi connectivity index (χ1n) is 2.37. The van der Waals surface area contributed by atoms with Crippen LogP contribution in [0.2, 0.25) is 0 Å². The van der Waals surface area contributed by atoms with Gasteiger partial charge >= 0.3 is 0 Å². The summed E-state index contributed by atoms with van der Waals surface area (Å²) in [5.41, 5.74) is 0. The van der Waals surface area contributed by atoms with Crippen LogP contribution in [0.5, 0.6) is 0 Å². The third-order valence-corrected chi connectivity index (χ3v) is 1.44. The number of thiol groups is 1. The molecule has 1 nitrogen and oxygen atoms in total. The molecule has 0 aliphatic heterocycles. The molecule has 0 radical (unpaired) electrons. The Labute approximate surface area is 62.4 Å². The fraction of sp³-hybridized carbons (Fsp3) is 1.00. The van der Waals surface area contributed by atoms with Crippen molar-refractivity contribution in [3.05, 3.63) is 0 Å². The van der Waals surface area contributed by atoms with Crippen LogP contribution in [0.4, 0.5) is 0 Å². The van der Waals surface area contributed by atoms with Crippen LogP contribution in [0.15, 0.2) is 0 Å². The quantitative estimate of drug-likeness (QED) is 0.508. The van der Waals surface area contributed by atoms with Crippen molar-refractivity contribution in [2.75, 3.05) is 6.61 Å². The molecular formula is C4H10OS3. The van der Waals surface area contributed by atoms with E-state index in [0.29, 0.717) is 5.92 Å². The van der Waals surface area contributed by atoms with E-state index in [9.17, 15) is 0 Å². The molecule has 1 unspecified atom stereocenters. The standard InChI is InChI=1S/C4H10OS3/c1-4(2)3-5-8(6)7/h4H,3H2,1-2H3,(H,6,7). The van der Waals surface area contributed by atoms with Crippen molar-refractivity contribution in [3.8, 4) is 0 Å². The largest absolute Gasteiger partial charge is 0.303 e. The van der Waals surface area contributed by atoms with Crippen LogP contribution in [-0.4, -0.2) is 6.61 Å². The third kappa shape index (κ3) is 6.88. The van der Waals surface area contributed by atoms with E-state index in [2.05, 4.69) is 36.7 Å². The Kier molecular flexibility index (Phi) is 5.25. The zero-order chi connectivity index (χ0) is 6.57. The first kappa shape index (κ1) is 8.88. The average molecular weight is 170 g/mol. The van der Waals surface area contributed by atoms with E-state index in [1.165, 1.54) is 0 Å². The molecule has 0 heterocycles. The molecule has 1 atom stereocenters. The van der Waals surface area contributed by atoms with Crippen LogP contribution in [0.3, 0.4) is 0 Å². The maximum Gasteiger partial charge on any atom is 0.0651 e. The summed E-state index contributed by atoms with van der Waals surface area (Å²) >= 11 is 8.56. The van der Waals surface area contributed by atoms with Gasteiger partial charge in [-0.2, -0.15) is 0 Å². The van der Waals surface area contributed by atoms with E-state index in [-0.39, 0.29) is 0 Å². The second-order valence-corrected chi connectivity index (χ2v) is 5.21. The molecule has 0 N–H and O–H groups in total. The predicted molar refractivity (Wildman–Crippen MR) is 44.5 cm³/mol. The minimum atomic E-state index is -0.558. The Hall–Kier alpha value is 0.880. The smallest absolute Gasteiger partial charge is 0.0651 e. The summed E-state index contributed by atoms with van der Waals surface area (Å²) < 4.78 is 5.01. The molecule has 0 rings (SSSR count). The number of hydrogen-bond acceptors (Lipinski definition) is 2. The summed E-state index contributed by atoms with van der Waals surface area (Å²) in [5.74, 6) is 0.556. The Bertz CT molecular complexity index is 81.4. The van der Waals surface area contributed by atoms with Gasteiger partial charge in [0.1, 0.15) is 0 Å². The molecule has 0 aromatic heterocycles. The van der Waals surface area contributed by atoms with Crippen LogP contribution in [-0.2, 0) is 24.1 Å². The predicted octanol–water partition coefficient (Wildman–Crippen LogP) is 1.50. The summed E-state index contributed by atoms with van der Waals surface area (Å²) in [7, 11) is -0.558. The van der Waals surface area contributed by atoms with Gasteiger partial charge in [-0.05, 0) is 17.1 Å². The molecule has 0 saturated carbocycles. The van der Waals surface area contributed by atoms with Crippen LogP contribution < -0.4 is 0 Å². The molecule has 0 amide bonds. The first-order chi connectivity index (χ1) is 3.63. The summed E-state index contributed by atoms with van der Waals surface area (Å²) in [6.07, 6.45) is 0. The monoisotopic (exact) mass is 170 g/mol. The van der Waals surface area contributed by atoms with E-state index >= 15 is 0 Å². The second-order valence-electron chi connectivity index (χ2n) is 1.90. The second kappa shape index (κ2) is 4.73. The molecule has 0 aliphatic rings. The lowest BCUT2D eigenvalue weighted by Crippen LogP contribution is -1.99. The highest BCUT2D eigenvalue weighted by Gasteiger charge is 1.92. The van der Waals surface area contributed by atoms with E-state index in [4.69, 9.17) is 4.18 Å². The van der Waals surface area contributed by atoms with E-state index in [1.807, 2.05) is 0 Å². The van der Waals surface area contributed by atoms with Crippen molar-refractivity contribution in [3.63, 3.8) is 0 Å². The van der Waals surface area contributed by atoms with Gasteiger partial charge < -0.3 is 4.18 Å². The SMILES string of the molecule is CC(C)COS(=S)S. The van der Waals surface area contributed by atoms with E-state index < -0.39 is 8.77 Å². The Morgan fingerprint density at radius 2 is 2.25 bits per heavy atom. The van der Waals surface area contributed by atoms with E-state index in [0.717, 1.165) is 6.61 Å². The maximum atomic E-state index is 5.01. The third-order valence-electron chi connectivity index (χ3n) is 0.502. The lowest BCUT2D eigenvalue weighted by molar-refractivity contribution is 0.317. The highest BCUT2D eigenvalue weighted by molar-refractivity contribution is 8.74. The van der Waals surface area contributed by atoms with Gasteiger partial charge in [-0.3, -0.25) is 0 Å². The van der Waals surface area contributed by atoms with Crippen molar-refractivity contribution < 1.29 is 4.18 Å². The number of rotatable bonds is 3. The van der Waals surface area contributed by atoms with Gasteiger partial charge in [-0.25, -0.2) is 0 Å². The molecule has 0 aromatic rings. The fourth-order valence-electron chi connectivity index (χ4n) is 0.194. The number of hydrogen-bond donors (Lipinski definition) is 1. The molecule has 0 spiro atoms.